The van der Waals surface area contributed by atoms with E-state index in [0.717, 1.165) is 5.75 Å². The molecule has 8 nitrogen and oxygen atoms in total. The van der Waals surface area contributed by atoms with Crippen LogP contribution < -0.4 is 30.4 Å². The third-order valence-corrected chi connectivity index (χ3v) is 4.88. The van der Waals surface area contributed by atoms with Gasteiger partial charge in [-0.25, -0.2) is 0 Å². The van der Waals surface area contributed by atoms with E-state index in [4.69, 9.17) is 26.4 Å². The second-order valence-corrected chi connectivity index (χ2v) is 8.54. The molecule has 0 aromatic heterocycles. The Hall–Kier alpha value is -4.11. The van der Waals surface area contributed by atoms with E-state index >= 15 is 0 Å². The summed E-state index contributed by atoms with van der Waals surface area (Å²) in [4.78, 5) is 24.9. The Labute approximate surface area is 215 Å². The highest BCUT2D eigenvalue weighted by Crippen LogP contribution is 2.15. The molecule has 0 heterocycles. The fourth-order valence-electron chi connectivity index (χ4n) is 2.92. The zero-order valence-corrected chi connectivity index (χ0v) is 21.0. The fourth-order valence-corrected chi connectivity index (χ4v) is 3.06. The van der Waals surface area contributed by atoms with Gasteiger partial charge in [-0.1, -0.05) is 38.1 Å². The summed E-state index contributed by atoms with van der Waals surface area (Å²) in [5.41, 5.74) is 5.75. The first-order chi connectivity index (χ1) is 17.4. The number of benzene rings is 3. The number of rotatable bonds is 10. The van der Waals surface area contributed by atoms with Crippen LogP contribution in [0.15, 0.2) is 78.9 Å². The minimum Gasteiger partial charge on any atom is -0.493 e. The maximum Gasteiger partial charge on any atom is 0.269 e. The van der Waals surface area contributed by atoms with Crippen LogP contribution in [0, 0.1) is 5.92 Å². The molecule has 0 aliphatic carbocycles. The van der Waals surface area contributed by atoms with Crippen LogP contribution in [0.5, 0.6) is 17.2 Å². The molecule has 0 fully saturated rings. The van der Waals surface area contributed by atoms with Crippen LogP contribution in [0.25, 0.3) is 0 Å². The molecular weight excluding hydrogens is 478 g/mol. The number of hydrogen-bond donors (Lipinski definition) is 3. The third kappa shape index (κ3) is 8.92. The Bertz CT molecular complexity index is 1150. The van der Waals surface area contributed by atoms with Crippen molar-refractivity contribution in [2.75, 3.05) is 19.8 Å². The Morgan fingerprint density at radius 3 is 2.06 bits per heavy atom. The number of para-hydroxylation sites is 1. The number of hydrazine groups is 1. The number of thiocarbonyl (C=S) groups is 1. The van der Waals surface area contributed by atoms with E-state index in [1.807, 2.05) is 30.3 Å². The van der Waals surface area contributed by atoms with E-state index in [2.05, 4.69) is 30.0 Å². The summed E-state index contributed by atoms with van der Waals surface area (Å²) in [6.07, 6.45) is 0. The van der Waals surface area contributed by atoms with Crippen molar-refractivity contribution in [2.45, 2.75) is 13.8 Å². The monoisotopic (exact) mass is 507 g/mol. The topological polar surface area (TPSA) is 97.9 Å². The first-order valence-corrected chi connectivity index (χ1v) is 11.9. The summed E-state index contributed by atoms with van der Waals surface area (Å²) >= 11 is 5.12. The summed E-state index contributed by atoms with van der Waals surface area (Å²) in [6.45, 7) is 5.39. The second-order valence-electron chi connectivity index (χ2n) is 8.13. The van der Waals surface area contributed by atoms with Crippen LogP contribution >= 0.6 is 12.2 Å². The van der Waals surface area contributed by atoms with E-state index in [-0.39, 0.29) is 5.11 Å². The molecule has 3 aromatic rings. The molecule has 0 saturated heterocycles. The van der Waals surface area contributed by atoms with Crippen molar-refractivity contribution in [3.05, 3.63) is 90.0 Å². The quantitative estimate of drug-likeness (QED) is 0.216. The number of amides is 2. The molecule has 188 valence electrons. The number of carbonyl (C=O) groups is 2. The molecule has 9 heteroatoms. The highest BCUT2D eigenvalue weighted by molar-refractivity contribution is 7.80. The predicted octanol–water partition coefficient (Wildman–Crippen LogP) is 4.13. The molecule has 2 amide bonds. The molecular formula is C27H29N3O5S. The molecule has 0 aliphatic heterocycles. The van der Waals surface area contributed by atoms with Crippen LogP contribution in [-0.2, 0) is 0 Å². The van der Waals surface area contributed by atoms with E-state index in [1.54, 1.807) is 48.5 Å². The van der Waals surface area contributed by atoms with Gasteiger partial charge in [-0.15, -0.1) is 0 Å². The second kappa shape index (κ2) is 13.7. The van der Waals surface area contributed by atoms with Gasteiger partial charge in [0.1, 0.15) is 30.5 Å². The zero-order valence-electron chi connectivity index (χ0n) is 20.2. The molecule has 0 radical (unpaired) electrons. The van der Waals surface area contributed by atoms with Crippen molar-refractivity contribution in [1.29, 1.82) is 0 Å². The average molecular weight is 508 g/mol. The van der Waals surface area contributed by atoms with Crippen molar-refractivity contribution >= 4 is 29.1 Å². The van der Waals surface area contributed by atoms with Gasteiger partial charge in [-0.05, 0) is 72.7 Å². The van der Waals surface area contributed by atoms with Gasteiger partial charge >= 0.3 is 0 Å². The third-order valence-electron chi connectivity index (χ3n) is 4.68. The summed E-state index contributed by atoms with van der Waals surface area (Å²) < 4.78 is 16.9. The van der Waals surface area contributed by atoms with Gasteiger partial charge in [0.15, 0.2) is 5.11 Å². The molecule has 36 heavy (non-hydrogen) atoms. The van der Waals surface area contributed by atoms with E-state index in [1.165, 1.54) is 0 Å². The number of nitrogens with one attached hydrogen (secondary N) is 3. The standard InChI is InChI=1S/C27H29N3O5S/c1-19(2)18-35-23-13-11-20(12-14-23)26(32)29-30-27(36)28-25(31)21-7-6-10-24(17-21)34-16-15-33-22-8-4-3-5-9-22/h3-14,17,19H,15-16,18H2,1-2H3,(H,29,32)(H2,28,30,31,36). The van der Waals surface area contributed by atoms with Crippen molar-refractivity contribution in [1.82, 2.24) is 16.2 Å². The lowest BCUT2D eigenvalue weighted by atomic mass is 10.2. The van der Waals surface area contributed by atoms with Crippen LogP contribution in [0.1, 0.15) is 34.6 Å². The van der Waals surface area contributed by atoms with Crippen LogP contribution in [0.4, 0.5) is 0 Å². The normalized spacial score (nSPS) is 10.3. The van der Waals surface area contributed by atoms with Gasteiger partial charge in [0, 0.05) is 11.1 Å². The SMILES string of the molecule is CC(C)COc1ccc(C(=O)NNC(=S)NC(=O)c2cccc(OCCOc3ccccc3)c2)cc1. The maximum atomic E-state index is 12.5. The highest BCUT2D eigenvalue weighted by atomic mass is 32.1. The predicted molar refractivity (Wildman–Crippen MR) is 141 cm³/mol. The van der Waals surface area contributed by atoms with Crippen molar-refractivity contribution < 1.29 is 23.8 Å². The van der Waals surface area contributed by atoms with Gasteiger partial charge in [0.05, 0.1) is 6.61 Å². The Kier molecular flexibility index (Phi) is 10.1. The largest absolute Gasteiger partial charge is 0.493 e. The fraction of sp³-hybridized carbons (Fsp3) is 0.222. The molecule has 0 aliphatic rings. The smallest absolute Gasteiger partial charge is 0.269 e. The Morgan fingerprint density at radius 1 is 0.722 bits per heavy atom. The Morgan fingerprint density at radius 2 is 1.36 bits per heavy atom. The molecule has 3 N–H and O–H groups in total. The van der Waals surface area contributed by atoms with Gasteiger partial charge < -0.3 is 14.2 Å². The lowest BCUT2D eigenvalue weighted by molar-refractivity contribution is 0.0934. The minimum atomic E-state index is -0.445. The van der Waals surface area contributed by atoms with Gasteiger partial charge in [-0.2, -0.15) is 0 Å². The van der Waals surface area contributed by atoms with Gasteiger partial charge in [0.25, 0.3) is 11.8 Å². The molecule has 0 spiro atoms. The summed E-state index contributed by atoms with van der Waals surface area (Å²) in [6, 6.07) is 22.8. The lowest BCUT2D eigenvalue weighted by Gasteiger charge is -2.12. The number of carbonyl (C=O) groups excluding carboxylic acids is 2. The first kappa shape index (κ1) is 26.5. The Balaban J connectivity index is 1.41. The highest BCUT2D eigenvalue weighted by Gasteiger charge is 2.11. The lowest BCUT2D eigenvalue weighted by Crippen LogP contribution is -2.48. The minimum absolute atomic E-state index is 0.0483. The van der Waals surface area contributed by atoms with Gasteiger partial charge in [0.2, 0.25) is 0 Å². The summed E-state index contributed by atoms with van der Waals surface area (Å²) in [5, 5.41) is 2.47. The maximum absolute atomic E-state index is 12.5. The van der Waals surface area contributed by atoms with E-state index in [9.17, 15) is 9.59 Å². The zero-order chi connectivity index (χ0) is 25.8. The van der Waals surface area contributed by atoms with Crippen molar-refractivity contribution in [3.8, 4) is 17.2 Å². The molecule has 0 saturated carbocycles. The van der Waals surface area contributed by atoms with E-state index < -0.39 is 11.8 Å². The average Bonchev–Trinajstić information content (AvgIpc) is 2.89. The van der Waals surface area contributed by atoms with Crippen molar-refractivity contribution in [2.24, 2.45) is 5.92 Å². The van der Waals surface area contributed by atoms with E-state index in [0.29, 0.717) is 48.4 Å². The van der Waals surface area contributed by atoms with Crippen molar-refractivity contribution in [3.63, 3.8) is 0 Å². The molecule has 0 unspecified atom stereocenters. The first-order valence-electron chi connectivity index (χ1n) is 11.5. The summed E-state index contributed by atoms with van der Waals surface area (Å²) in [5.74, 6) is 1.52. The van der Waals surface area contributed by atoms with Crippen LogP contribution in [0.2, 0.25) is 0 Å². The molecule has 3 rings (SSSR count). The number of ether oxygens (including phenoxy) is 3. The van der Waals surface area contributed by atoms with Crippen LogP contribution in [-0.4, -0.2) is 36.7 Å². The molecule has 0 atom stereocenters. The van der Waals surface area contributed by atoms with Gasteiger partial charge in [-0.3, -0.25) is 25.8 Å². The van der Waals surface area contributed by atoms with Crippen LogP contribution in [0.3, 0.4) is 0 Å². The molecule has 3 aromatic carbocycles. The number of hydrogen-bond acceptors (Lipinski definition) is 6. The summed E-state index contributed by atoms with van der Waals surface area (Å²) in [7, 11) is 0. The molecule has 0 bridgehead atoms.